The average molecular weight is 417 g/mol. The fraction of sp³-hybridized carbons (Fsp3) is 0.250. The van der Waals surface area contributed by atoms with Gasteiger partial charge in [-0.3, -0.25) is 9.48 Å². The Labute approximate surface area is 172 Å². The number of ether oxygens (including phenoxy) is 1. The van der Waals surface area contributed by atoms with E-state index in [1.165, 1.54) is 0 Å². The number of halogens is 2. The van der Waals surface area contributed by atoms with Crippen LogP contribution in [-0.2, 0) is 0 Å². The molecule has 3 aromatic rings. The molecule has 0 fully saturated rings. The lowest BCUT2D eigenvalue weighted by Gasteiger charge is -2.32. The predicted molar refractivity (Wildman–Crippen MR) is 110 cm³/mol. The van der Waals surface area contributed by atoms with E-state index < -0.39 is 0 Å². The lowest BCUT2D eigenvalue weighted by Crippen LogP contribution is -2.42. The summed E-state index contributed by atoms with van der Waals surface area (Å²) < 4.78 is 7.05. The molecular weight excluding hydrogens is 399 g/mol. The van der Waals surface area contributed by atoms with Crippen LogP contribution >= 0.6 is 23.2 Å². The molecule has 0 spiro atoms. The van der Waals surface area contributed by atoms with Crippen LogP contribution in [-0.4, -0.2) is 34.3 Å². The number of aromatic nitrogens is 3. The lowest BCUT2D eigenvalue weighted by atomic mass is 10.0. The van der Waals surface area contributed by atoms with E-state index in [-0.39, 0.29) is 11.9 Å². The van der Waals surface area contributed by atoms with Gasteiger partial charge in [0.05, 0.1) is 29.4 Å². The summed E-state index contributed by atoms with van der Waals surface area (Å²) in [6, 6.07) is 8.92. The van der Waals surface area contributed by atoms with Crippen molar-refractivity contribution >= 4 is 34.8 Å². The quantitative estimate of drug-likeness (QED) is 0.615. The van der Waals surface area contributed by atoms with Gasteiger partial charge in [0.15, 0.2) is 0 Å². The maximum Gasteiger partial charge on any atom is 0.277 e. The Bertz CT molecular complexity index is 1080. The molecule has 6 nitrogen and oxygen atoms in total. The largest absolute Gasteiger partial charge is 0.481 e. The standard InChI is InChI=1S/C20H18Cl2N4O2/c1-11-6-13(7-18(24-11)28-3)15-9-23-26-12(2)10-25(20(27)19(15)26)14-4-5-16(21)17(22)8-14/h4-9,12H,10H2,1-3H3/t12-/m0/s1. The minimum atomic E-state index is -0.141. The molecule has 1 atom stereocenters. The fourth-order valence-corrected chi connectivity index (χ4v) is 3.74. The molecule has 0 saturated heterocycles. The zero-order valence-corrected chi connectivity index (χ0v) is 17.1. The highest BCUT2D eigenvalue weighted by Gasteiger charge is 2.34. The molecule has 3 heterocycles. The number of carbonyl (C=O) groups is 1. The van der Waals surface area contributed by atoms with Crippen LogP contribution < -0.4 is 9.64 Å². The van der Waals surface area contributed by atoms with Gasteiger partial charge >= 0.3 is 0 Å². The molecule has 1 aromatic carbocycles. The Balaban J connectivity index is 1.82. The van der Waals surface area contributed by atoms with Crippen molar-refractivity contribution in [2.24, 2.45) is 0 Å². The minimum Gasteiger partial charge on any atom is -0.481 e. The maximum absolute atomic E-state index is 13.4. The van der Waals surface area contributed by atoms with Crippen LogP contribution in [0.15, 0.2) is 36.5 Å². The topological polar surface area (TPSA) is 60.3 Å². The summed E-state index contributed by atoms with van der Waals surface area (Å²) in [5, 5.41) is 5.33. The molecule has 0 saturated carbocycles. The van der Waals surface area contributed by atoms with E-state index >= 15 is 0 Å². The van der Waals surface area contributed by atoms with Gasteiger partial charge in [0.1, 0.15) is 5.69 Å². The van der Waals surface area contributed by atoms with Crippen molar-refractivity contribution in [3.63, 3.8) is 0 Å². The van der Waals surface area contributed by atoms with Gasteiger partial charge in [-0.15, -0.1) is 0 Å². The van der Waals surface area contributed by atoms with Crippen molar-refractivity contribution in [3.05, 3.63) is 58.0 Å². The van der Waals surface area contributed by atoms with E-state index in [2.05, 4.69) is 10.1 Å². The molecule has 1 aliphatic rings. The van der Waals surface area contributed by atoms with E-state index in [1.807, 2.05) is 19.9 Å². The summed E-state index contributed by atoms with van der Waals surface area (Å²) in [5.41, 5.74) is 3.60. The molecule has 28 heavy (non-hydrogen) atoms. The first-order valence-corrected chi connectivity index (χ1v) is 9.52. The highest BCUT2D eigenvalue weighted by molar-refractivity contribution is 6.42. The third kappa shape index (κ3) is 3.12. The number of hydrogen-bond acceptors (Lipinski definition) is 4. The van der Waals surface area contributed by atoms with Crippen LogP contribution in [0.3, 0.4) is 0 Å². The van der Waals surface area contributed by atoms with Crippen LogP contribution in [0.5, 0.6) is 5.88 Å². The molecule has 1 aliphatic heterocycles. The second kappa shape index (κ2) is 7.11. The van der Waals surface area contributed by atoms with E-state index in [9.17, 15) is 4.79 Å². The molecule has 0 radical (unpaired) electrons. The number of carbonyl (C=O) groups excluding carboxylic acids is 1. The van der Waals surface area contributed by atoms with Crippen LogP contribution in [0.4, 0.5) is 5.69 Å². The molecule has 8 heteroatoms. The van der Waals surface area contributed by atoms with E-state index in [4.69, 9.17) is 27.9 Å². The van der Waals surface area contributed by atoms with Crippen LogP contribution in [0.25, 0.3) is 11.1 Å². The molecule has 1 amide bonds. The number of pyridine rings is 1. The molecule has 4 rings (SSSR count). The van der Waals surface area contributed by atoms with Gasteiger partial charge in [0, 0.05) is 29.6 Å². The van der Waals surface area contributed by atoms with Crippen molar-refractivity contribution in [1.29, 1.82) is 0 Å². The number of anilines is 1. The summed E-state index contributed by atoms with van der Waals surface area (Å²) in [6.07, 6.45) is 1.72. The number of fused-ring (bicyclic) bond motifs is 1. The van der Waals surface area contributed by atoms with Gasteiger partial charge in [-0.25, -0.2) is 4.98 Å². The molecule has 0 aliphatic carbocycles. The Kier molecular flexibility index (Phi) is 4.77. The van der Waals surface area contributed by atoms with Gasteiger partial charge in [0.2, 0.25) is 5.88 Å². The third-order valence-corrected chi connectivity index (χ3v) is 5.51. The Hall–Kier alpha value is -2.57. The zero-order chi connectivity index (χ0) is 20.0. The maximum atomic E-state index is 13.4. The van der Waals surface area contributed by atoms with Crippen molar-refractivity contribution in [2.75, 3.05) is 18.6 Å². The second-order valence-electron chi connectivity index (χ2n) is 6.75. The fourth-order valence-electron chi connectivity index (χ4n) is 3.45. The minimum absolute atomic E-state index is 0.000679. The van der Waals surface area contributed by atoms with Crippen molar-refractivity contribution in [2.45, 2.75) is 19.9 Å². The number of methoxy groups -OCH3 is 1. The zero-order valence-electron chi connectivity index (χ0n) is 15.6. The van der Waals surface area contributed by atoms with E-state index in [0.717, 1.165) is 16.8 Å². The summed E-state index contributed by atoms with van der Waals surface area (Å²) in [4.78, 5) is 19.4. The average Bonchev–Trinajstić information content (AvgIpc) is 3.12. The van der Waals surface area contributed by atoms with Crippen molar-refractivity contribution < 1.29 is 9.53 Å². The molecular formula is C20H18Cl2N4O2. The van der Waals surface area contributed by atoms with Crippen molar-refractivity contribution in [3.8, 4) is 17.0 Å². The normalized spacial score (nSPS) is 16.2. The first kappa shape index (κ1) is 18.8. The number of benzene rings is 1. The number of aryl methyl sites for hydroxylation is 1. The summed E-state index contributed by atoms with van der Waals surface area (Å²) in [7, 11) is 1.57. The summed E-state index contributed by atoms with van der Waals surface area (Å²) >= 11 is 12.2. The molecule has 2 aromatic heterocycles. The Morgan fingerprint density at radius 1 is 1.18 bits per heavy atom. The van der Waals surface area contributed by atoms with Gasteiger partial charge < -0.3 is 9.64 Å². The number of rotatable bonds is 3. The first-order valence-electron chi connectivity index (χ1n) is 8.76. The van der Waals surface area contributed by atoms with Gasteiger partial charge in [0.25, 0.3) is 5.91 Å². The van der Waals surface area contributed by atoms with E-state index in [1.54, 1.807) is 47.2 Å². The van der Waals surface area contributed by atoms with Crippen LogP contribution in [0.2, 0.25) is 10.0 Å². The number of amides is 1. The molecule has 0 bridgehead atoms. The second-order valence-corrected chi connectivity index (χ2v) is 7.57. The van der Waals surface area contributed by atoms with Crippen molar-refractivity contribution in [1.82, 2.24) is 14.8 Å². The highest BCUT2D eigenvalue weighted by Crippen LogP contribution is 2.35. The van der Waals surface area contributed by atoms with E-state index in [0.29, 0.717) is 33.9 Å². The molecule has 0 unspecified atom stereocenters. The Morgan fingerprint density at radius 3 is 2.68 bits per heavy atom. The van der Waals surface area contributed by atoms with Crippen LogP contribution in [0.1, 0.15) is 29.1 Å². The SMILES string of the molecule is COc1cc(-c2cnn3c2C(=O)N(c2ccc(Cl)c(Cl)c2)C[C@@H]3C)cc(C)n1. The van der Waals surface area contributed by atoms with Gasteiger partial charge in [-0.2, -0.15) is 5.10 Å². The summed E-state index contributed by atoms with van der Waals surface area (Å²) in [5.74, 6) is 0.352. The molecule has 144 valence electrons. The highest BCUT2D eigenvalue weighted by atomic mass is 35.5. The Morgan fingerprint density at radius 2 is 1.96 bits per heavy atom. The van der Waals surface area contributed by atoms with Gasteiger partial charge in [-0.1, -0.05) is 23.2 Å². The van der Waals surface area contributed by atoms with Crippen LogP contribution in [0, 0.1) is 6.92 Å². The lowest BCUT2D eigenvalue weighted by molar-refractivity contribution is 0.0954. The smallest absolute Gasteiger partial charge is 0.277 e. The molecule has 0 N–H and O–H groups in total. The number of hydrogen-bond donors (Lipinski definition) is 0. The first-order chi connectivity index (χ1) is 13.4. The third-order valence-electron chi connectivity index (χ3n) is 4.77. The summed E-state index contributed by atoms with van der Waals surface area (Å²) in [6.45, 7) is 4.40. The van der Waals surface area contributed by atoms with Gasteiger partial charge in [-0.05, 0) is 43.7 Å². The monoisotopic (exact) mass is 416 g/mol. The number of nitrogens with zero attached hydrogens (tertiary/aromatic N) is 4. The predicted octanol–water partition coefficient (Wildman–Crippen LogP) is 4.79.